The first-order chi connectivity index (χ1) is 9.36. The van der Waals surface area contributed by atoms with E-state index in [9.17, 15) is 4.79 Å². The van der Waals surface area contributed by atoms with Crippen LogP contribution in [0.5, 0.6) is 0 Å². The molecular formula is C15H22ClN3O. The van der Waals surface area contributed by atoms with Crippen LogP contribution in [0.4, 0.5) is 0 Å². The molecule has 0 bridgehead atoms. The predicted molar refractivity (Wildman–Crippen MR) is 81.5 cm³/mol. The molecule has 20 heavy (non-hydrogen) atoms. The first-order valence-corrected chi connectivity index (χ1v) is 7.22. The van der Waals surface area contributed by atoms with E-state index in [0.717, 1.165) is 29.2 Å². The first kappa shape index (κ1) is 15.3. The highest BCUT2D eigenvalue weighted by atomic mass is 35.5. The molecule has 0 unspecified atom stereocenters. The van der Waals surface area contributed by atoms with Gasteiger partial charge in [0, 0.05) is 38.2 Å². The third kappa shape index (κ3) is 2.82. The van der Waals surface area contributed by atoms with Gasteiger partial charge in [-0.2, -0.15) is 0 Å². The smallest absolute Gasteiger partial charge is 0.242 e. The molecule has 1 aliphatic rings. The number of piperazine rings is 1. The Kier molecular flexibility index (Phi) is 4.37. The molecule has 0 radical (unpaired) electrons. The average Bonchev–Trinajstić information content (AvgIpc) is 2.41. The van der Waals surface area contributed by atoms with Gasteiger partial charge in [0.25, 0.3) is 0 Å². The Balaban J connectivity index is 2.19. The highest BCUT2D eigenvalue weighted by Crippen LogP contribution is 2.27. The summed E-state index contributed by atoms with van der Waals surface area (Å²) in [6, 6.07) is 5.90. The molecule has 2 N–H and O–H groups in total. The third-order valence-corrected chi connectivity index (χ3v) is 4.43. The van der Waals surface area contributed by atoms with Gasteiger partial charge >= 0.3 is 0 Å². The van der Waals surface area contributed by atoms with E-state index < -0.39 is 5.54 Å². The monoisotopic (exact) mass is 295 g/mol. The quantitative estimate of drug-likeness (QED) is 0.926. The zero-order valence-electron chi connectivity index (χ0n) is 12.3. The second-order valence-corrected chi connectivity index (χ2v) is 6.24. The van der Waals surface area contributed by atoms with Crippen LogP contribution < -0.4 is 5.73 Å². The van der Waals surface area contributed by atoms with Gasteiger partial charge in [-0.25, -0.2) is 0 Å². The molecule has 0 atom stereocenters. The topological polar surface area (TPSA) is 49.6 Å². The number of nitrogens with two attached hydrogens (primary N) is 1. The Morgan fingerprint density at radius 2 is 2.05 bits per heavy atom. The lowest BCUT2D eigenvalue weighted by Crippen LogP contribution is -2.61. The van der Waals surface area contributed by atoms with Crippen LogP contribution in [0.3, 0.4) is 0 Å². The molecule has 1 heterocycles. The lowest BCUT2D eigenvalue weighted by molar-refractivity contribution is -0.147. The fourth-order valence-electron chi connectivity index (χ4n) is 2.58. The number of carbonyl (C=O) groups excluding carboxylic acids is 1. The maximum Gasteiger partial charge on any atom is 0.242 e. The maximum atomic E-state index is 12.3. The summed E-state index contributed by atoms with van der Waals surface area (Å²) in [6.45, 7) is 6.69. The lowest BCUT2D eigenvalue weighted by Gasteiger charge is -2.44. The van der Waals surface area contributed by atoms with Crippen LogP contribution in [-0.2, 0) is 17.9 Å². The molecule has 1 aromatic rings. The van der Waals surface area contributed by atoms with Gasteiger partial charge in [-0.3, -0.25) is 9.69 Å². The van der Waals surface area contributed by atoms with Crippen LogP contribution in [0, 0.1) is 0 Å². The van der Waals surface area contributed by atoms with Gasteiger partial charge in [-0.05, 0) is 31.0 Å². The molecule has 2 rings (SSSR count). The summed E-state index contributed by atoms with van der Waals surface area (Å²) in [5.41, 5.74) is 7.17. The van der Waals surface area contributed by atoms with Crippen LogP contribution in [0.15, 0.2) is 18.2 Å². The summed E-state index contributed by atoms with van der Waals surface area (Å²) in [4.78, 5) is 16.2. The van der Waals surface area contributed by atoms with Crippen LogP contribution in [0.2, 0.25) is 5.02 Å². The van der Waals surface area contributed by atoms with E-state index in [0.29, 0.717) is 13.1 Å². The van der Waals surface area contributed by atoms with Crippen molar-refractivity contribution in [2.24, 2.45) is 5.73 Å². The van der Waals surface area contributed by atoms with Crippen molar-refractivity contribution in [1.29, 1.82) is 0 Å². The SMILES string of the molecule is CN1CCN(Cc2ccc(CN)cc2Cl)C(C)(C)C1=O. The van der Waals surface area contributed by atoms with E-state index in [2.05, 4.69) is 4.90 Å². The molecule has 0 aromatic heterocycles. The van der Waals surface area contributed by atoms with Gasteiger partial charge in [0.05, 0.1) is 5.54 Å². The van der Waals surface area contributed by atoms with Crippen molar-refractivity contribution in [3.63, 3.8) is 0 Å². The van der Waals surface area contributed by atoms with Crippen molar-refractivity contribution in [1.82, 2.24) is 9.80 Å². The highest BCUT2D eigenvalue weighted by Gasteiger charge is 2.40. The second-order valence-electron chi connectivity index (χ2n) is 5.84. The van der Waals surface area contributed by atoms with E-state index in [1.807, 2.05) is 39.1 Å². The lowest BCUT2D eigenvalue weighted by atomic mass is 9.96. The van der Waals surface area contributed by atoms with E-state index in [1.54, 1.807) is 4.90 Å². The van der Waals surface area contributed by atoms with Crippen molar-refractivity contribution in [3.05, 3.63) is 34.3 Å². The van der Waals surface area contributed by atoms with Crippen molar-refractivity contribution < 1.29 is 4.79 Å². The van der Waals surface area contributed by atoms with Crippen molar-refractivity contribution in [3.8, 4) is 0 Å². The molecule has 0 aliphatic carbocycles. The molecule has 1 fully saturated rings. The molecule has 1 saturated heterocycles. The van der Waals surface area contributed by atoms with Gasteiger partial charge in [0.1, 0.15) is 0 Å². The van der Waals surface area contributed by atoms with E-state index >= 15 is 0 Å². The second kappa shape index (κ2) is 5.72. The van der Waals surface area contributed by atoms with Gasteiger partial charge in [0.2, 0.25) is 5.91 Å². The summed E-state index contributed by atoms with van der Waals surface area (Å²) in [6.07, 6.45) is 0. The molecule has 4 nitrogen and oxygen atoms in total. The predicted octanol–water partition coefficient (Wildman–Crippen LogP) is 1.85. The fourth-order valence-corrected chi connectivity index (χ4v) is 2.85. The minimum Gasteiger partial charge on any atom is -0.343 e. The Bertz CT molecular complexity index is 516. The van der Waals surface area contributed by atoms with E-state index in [4.69, 9.17) is 17.3 Å². The van der Waals surface area contributed by atoms with Crippen LogP contribution in [0.1, 0.15) is 25.0 Å². The average molecular weight is 296 g/mol. The third-order valence-electron chi connectivity index (χ3n) is 4.08. The van der Waals surface area contributed by atoms with Gasteiger partial charge in [-0.15, -0.1) is 0 Å². The van der Waals surface area contributed by atoms with Crippen LogP contribution in [0.25, 0.3) is 0 Å². The molecule has 110 valence electrons. The normalized spacial score (nSPS) is 19.4. The number of rotatable bonds is 3. The first-order valence-electron chi connectivity index (χ1n) is 6.84. The van der Waals surface area contributed by atoms with Crippen molar-refractivity contribution in [2.45, 2.75) is 32.5 Å². The standard InChI is InChI=1S/C15H22ClN3O/c1-15(2)14(20)18(3)6-7-19(15)10-12-5-4-11(9-17)8-13(12)16/h4-5,8H,6-7,9-10,17H2,1-3H3. The summed E-state index contributed by atoms with van der Waals surface area (Å²) < 4.78 is 0. The molecule has 0 saturated carbocycles. The zero-order chi connectivity index (χ0) is 14.9. The fraction of sp³-hybridized carbons (Fsp3) is 0.533. The number of carbonyl (C=O) groups is 1. The number of hydrogen-bond donors (Lipinski definition) is 1. The van der Waals surface area contributed by atoms with Gasteiger partial charge in [0.15, 0.2) is 0 Å². The molecule has 5 heteroatoms. The Morgan fingerprint density at radius 3 is 2.65 bits per heavy atom. The zero-order valence-corrected chi connectivity index (χ0v) is 13.1. The van der Waals surface area contributed by atoms with Crippen LogP contribution in [-0.4, -0.2) is 41.4 Å². The minimum atomic E-state index is -0.497. The van der Waals surface area contributed by atoms with E-state index in [1.165, 1.54) is 0 Å². The van der Waals surface area contributed by atoms with Gasteiger partial charge < -0.3 is 10.6 Å². The summed E-state index contributed by atoms with van der Waals surface area (Å²) in [5.74, 6) is 0.151. The number of benzene rings is 1. The molecule has 1 aliphatic heterocycles. The number of likely N-dealkylation sites (N-methyl/N-ethyl adjacent to an activating group) is 1. The number of nitrogens with zero attached hydrogens (tertiary/aromatic N) is 2. The van der Waals surface area contributed by atoms with Crippen molar-refractivity contribution in [2.75, 3.05) is 20.1 Å². The Labute approximate surface area is 125 Å². The summed E-state index contributed by atoms with van der Waals surface area (Å²) in [7, 11) is 1.85. The largest absolute Gasteiger partial charge is 0.343 e. The van der Waals surface area contributed by atoms with Gasteiger partial charge in [-0.1, -0.05) is 23.7 Å². The molecule has 1 aromatic carbocycles. The summed E-state index contributed by atoms with van der Waals surface area (Å²) >= 11 is 6.31. The Morgan fingerprint density at radius 1 is 1.35 bits per heavy atom. The maximum absolute atomic E-state index is 12.3. The molecule has 1 amide bonds. The highest BCUT2D eigenvalue weighted by molar-refractivity contribution is 6.31. The molecule has 0 spiro atoms. The number of amides is 1. The number of hydrogen-bond acceptors (Lipinski definition) is 3. The Hall–Kier alpha value is -1.10. The van der Waals surface area contributed by atoms with Crippen LogP contribution >= 0.6 is 11.6 Å². The number of halogens is 1. The minimum absolute atomic E-state index is 0.151. The van der Waals surface area contributed by atoms with E-state index in [-0.39, 0.29) is 5.91 Å². The molecular weight excluding hydrogens is 274 g/mol. The summed E-state index contributed by atoms with van der Waals surface area (Å²) in [5, 5.41) is 0.718. The van der Waals surface area contributed by atoms with Crippen molar-refractivity contribution >= 4 is 17.5 Å².